The lowest BCUT2D eigenvalue weighted by atomic mass is 10.2. The normalized spacial score (nSPS) is 20.9. The Labute approximate surface area is 160 Å². The van der Waals surface area contributed by atoms with E-state index >= 15 is 0 Å². The maximum atomic E-state index is 12.7. The summed E-state index contributed by atoms with van der Waals surface area (Å²) in [6.07, 6.45) is 3.01. The molecule has 4 rings (SSSR count). The summed E-state index contributed by atoms with van der Waals surface area (Å²) in [4.78, 5) is 21.6. The van der Waals surface area contributed by atoms with E-state index < -0.39 is 0 Å². The molecule has 27 heavy (non-hydrogen) atoms. The highest BCUT2D eigenvalue weighted by atomic mass is 16.5. The molecule has 3 heterocycles. The van der Waals surface area contributed by atoms with Crippen LogP contribution in [-0.4, -0.2) is 66.1 Å². The number of benzene rings is 1. The Bertz CT molecular complexity index is 760. The minimum Gasteiger partial charge on any atom is -0.441 e. The van der Waals surface area contributed by atoms with Gasteiger partial charge in [-0.15, -0.1) is 0 Å². The molecule has 1 aromatic carbocycles. The summed E-state index contributed by atoms with van der Waals surface area (Å²) in [6, 6.07) is 9.79. The van der Waals surface area contributed by atoms with Crippen LogP contribution >= 0.6 is 0 Å². The molecular formula is C21H27N3O3. The first-order valence-corrected chi connectivity index (χ1v) is 9.82. The summed E-state index contributed by atoms with van der Waals surface area (Å²) in [5.74, 6) is 1.43. The molecule has 1 atom stereocenters. The average molecular weight is 369 g/mol. The van der Waals surface area contributed by atoms with Crippen molar-refractivity contribution in [2.24, 2.45) is 0 Å². The Morgan fingerprint density at radius 1 is 1.19 bits per heavy atom. The fraction of sp³-hybridized carbons (Fsp3) is 0.524. The molecule has 0 aliphatic carbocycles. The van der Waals surface area contributed by atoms with Crippen molar-refractivity contribution in [3.63, 3.8) is 0 Å². The Morgan fingerprint density at radius 2 is 1.96 bits per heavy atom. The first kappa shape index (κ1) is 18.2. The molecule has 0 spiro atoms. The summed E-state index contributed by atoms with van der Waals surface area (Å²) < 4.78 is 11.5. The van der Waals surface area contributed by atoms with E-state index in [1.165, 1.54) is 6.42 Å². The van der Waals surface area contributed by atoms with Gasteiger partial charge in [-0.1, -0.05) is 18.2 Å². The molecule has 0 N–H and O–H groups in total. The Hall–Kier alpha value is -2.18. The van der Waals surface area contributed by atoms with E-state index in [4.69, 9.17) is 9.15 Å². The molecule has 1 unspecified atom stereocenters. The Kier molecular flexibility index (Phi) is 5.55. The number of hydrogen-bond donors (Lipinski definition) is 0. The minimum atomic E-state index is 0.128. The van der Waals surface area contributed by atoms with Gasteiger partial charge in [-0.2, -0.15) is 0 Å². The predicted molar refractivity (Wildman–Crippen MR) is 102 cm³/mol. The maximum absolute atomic E-state index is 12.7. The van der Waals surface area contributed by atoms with Crippen LogP contribution in [-0.2, 0) is 16.0 Å². The molecular weight excluding hydrogens is 342 g/mol. The summed E-state index contributed by atoms with van der Waals surface area (Å²) in [6.45, 7) is 7.14. The number of amides is 1. The molecule has 2 aliphatic heterocycles. The number of carbonyl (C=O) groups excluding carboxylic acids is 1. The topological polar surface area (TPSA) is 58.8 Å². The van der Waals surface area contributed by atoms with Crippen LogP contribution < -0.4 is 0 Å². The zero-order valence-electron chi connectivity index (χ0n) is 15.9. The molecule has 0 bridgehead atoms. The van der Waals surface area contributed by atoms with E-state index in [-0.39, 0.29) is 5.91 Å². The van der Waals surface area contributed by atoms with Gasteiger partial charge in [0.15, 0.2) is 0 Å². The number of rotatable bonds is 5. The lowest BCUT2D eigenvalue weighted by molar-refractivity contribution is -0.132. The number of piperazine rings is 1. The summed E-state index contributed by atoms with van der Waals surface area (Å²) >= 11 is 0. The van der Waals surface area contributed by atoms with Crippen molar-refractivity contribution in [3.05, 3.63) is 41.8 Å². The monoisotopic (exact) mass is 369 g/mol. The fourth-order valence-corrected chi connectivity index (χ4v) is 3.81. The number of hydrogen-bond acceptors (Lipinski definition) is 5. The minimum absolute atomic E-state index is 0.128. The van der Waals surface area contributed by atoms with E-state index in [1.54, 1.807) is 0 Å². The second-order valence-corrected chi connectivity index (χ2v) is 7.38. The lowest BCUT2D eigenvalue weighted by Crippen LogP contribution is -2.50. The highest BCUT2D eigenvalue weighted by molar-refractivity contribution is 5.78. The van der Waals surface area contributed by atoms with E-state index in [0.29, 0.717) is 18.4 Å². The van der Waals surface area contributed by atoms with Crippen molar-refractivity contribution in [1.82, 2.24) is 14.8 Å². The third-order valence-corrected chi connectivity index (χ3v) is 5.44. The van der Waals surface area contributed by atoms with Gasteiger partial charge in [0.25, 0.3) is 0 Å². The van der Waals surface area contributed by atoms with Gasteiger partial charge in [-0.05, 0) is 31.9 Å². The molecule has 0 saturated carbocycles. The van der Waals surface area contributed by atoms with E-state index in [2.05, 4.69) is 9.88 Å². The number of oxazole rings is 1. The highest BCUT2D eigenvalue weighted by Gasteiger charge is 2.26. The van der Waals surface area contributed by atoms with E-state index in [9.17, 15) is 4.79 Å². The number of nitrogens with zero attached hydrogens (tertiary/aromatic N) is 3. The van der Waals surface area contributed by atoms with Gasteiger partial charge < -0.3 is 14.1 Å². The SMILES string of the molecule is Cc1oc(-c2ccccc2)nc1CC(=O)N1CCN(CC2CCCO2)CC1. The van der Waals surface area contributed by atoms with Gasteiger partial charge in [-0.25, -0.2) is 4.98 Å². The van der Waals surface area contributed by atoms with Gasteiger partial charge in [0.05, 0.1) is 18.2 Å². The third-order valence-electron chi connectivity index (χ3n) is 5.44. The van der Waals surface area contributed by atoms with Crippen LogP contribution in [0.2, 0.25) is 0 Å². The van der Waals surface area contributed by atoms with Crippen molar-refractivity contribution < 1.29 is 13.9 Å². The molecule has 2 aliphatic rings. The van der Waals surface area contributed by atoms with Gasteiger partial charge >= 0.3 is 0 Å². The van der Waals surface area contributed by atoms with Crippen molar-refractivity contribution >= 4 is 5.91 Å². The Balaban J connectivity index is 1.31. The first-order chi connectivity index (χ1) is 13.2. The number of carbonyl (C=O) groups is 1. The smallest absolute Gasteiger partial charge is 0.228 e. The molecule has 2 fully saturated rings. The maximum Gasteiger partial charge on any atom is 0.228 e. The van der Waals surface area contributed by atoms with E-state index in [0.717, 1.165) is 62.8 Å². The van der Waals surface area contributed by atoms with Crippen LogP contribution in [0.15, 0.2) is 34.7 Å². The van der Waals surface area contributed by atoms with Crippen LogP contribution in [0.1, 0.15) is 24.3 Å². The van der Waals surface area contributed by atoms with Crippen molar-refractivity contribution in [3.8, 4) is 11.5 Å². The van der Waals surface area contributed by atoms with Crippen molar-refractivity contribution in [2.75, 3.05) is 39.3 Å². The summed E-state index contributed by atoms with van der Waals surface area (Å²) in [5.41, 5.74) is 1.67. The van der Waals surface area contributed by atoms with Crippen LogP contribution in [0.3, 0.4) is 0 Å². The zero-order chi connectivity index (χ0) is 18.6. The Morgan fingerprint density at radius 3 is 2.67 bits per heavy atom. The third kappa shape index (κ3) is 4.39. The molecule has 2 aromatic rings. The molecule has 1 aromatic heterocycles. The van der Waals surface area contributed by atoms with E-state index in [1.807, 2.05) is 42.2 Å². The molecule has 2 saturated heterocycles. The van der Waals surface area contributed by atoms with Crippen molar-refractivity contribution in [2.45, 2.75) is 32.3 Å². The van der Waals surface area contributed by atoms with Crippen LogP contribution in [0, 0.1) is 6.92 Å². The number of aromatic nitrogens is 1. The lowest BCUT2D eigenvalue weighted by Gasteiger charge is -2.35. The van der Waals surface area contributed by atoms with Crippen molar-refractivity contribution in [1.29, 1.82) is 0 Å². The highest BCUT2D eigenvalue weighted by Crippen LogP contribution is 2.22. The fourth-order valence-electron chi connectivity index (χ4n) is 3.81. The molecule has 6 nitrogen and oxygen atoms in total. The summed E-state index contributed by atoms with van der Waals surface area (Å²) in [5, 5.41) is 0. The van der Waals surface area contributed by atoms with Crippen LogP contribution in [0.5, 0.6) is 0 Å². The predicted octanol–water partition coefficient (Wildman–Crippen LogP) is 2.52. The second-order valence-electron chi connectivity index (χ2n) is 7.38. The molecule has 144 valence electrons. The largest absolute Gasteiger partial charge is 0.441 e. The van der Waals surface area contributed by atoms with Gasteiger partial charge in [0.1, 0.15) is 5.76 Å². The molecule has 0 radical (unpaired) electrons. The summed E-state index contributed by atoms with van der Waals surface area (Å²) in [7, 11) is 0. The molecule has 6 heteroatoms. The quantitative estimate of drug-likeness (QED) is 0.811. The standard InChI is InChI=1S/C21H27N3O3/c1-16-19(22-21(27-16)17-6-3-2-4-7-17)14-20(25)24-11-9-23(10-12-24)15-18-8-5-13-26-18/h2-4,6-7,18H,5,8-15H2,1H3. The second kappa shape index (κ2) is 8.23. The number of aryl methyl sites for hydroxylation is 1. The van der Waals surface area contributed by atoms with Crippen LogP contribution in [0.4, 0.5) is 0 Å². The van der Waals surface area contributed by atoms with Gasteiger partial charge in [-0.3, -0.25) is 9.69 Å². The van der Waals surface area contributed by atoms with Gasteiger partial charge in [0, 0.05) is 44.9 Å². The van der Waals surface area contributed by atoms with Crippen LogP contribution in [0.25, 0.3) is 11.5 Å². The first-order valence-electron chi connectivity index (χ1n) is 9.82. The number of ether oxygens (including phenoxy) is 1. The zero-order valence-corrected chi connectivity index (χ0v) is 15.9. The average Bonchev–Trinajstić information content (AvgIpc) is 3.33. The van der Waals surface area contributed by atoms with Gasteiger partial charge in [0.2, 0.25) is 11.8 Å². The molecule has 1 amide bonds.